The summed E-state index contributed by atoms with van der Waals surface area (Å²) in [7, 11) is 3.31. The molecule has 0 radical (unpaired) electrons. The third kappa shape index (κ3) is 4.34. The molecule has 0 unspecified atom stereocenters. The number of ketones is 1. The van der Waals surface area contributed by atoms with E-state index in [1.165, 1.54) is 10.8 Å². The van der Waals surface area contributed by atoms with Gasteiger partial charge in [0.1, 0.15) is 29.6 Å². The second-order valence-electron chi connectivity index (χ2n) is 5.47. The van der Waals surface area contributed by atoms with Crippen LogP contribution in [0.5, 0.6) is 11.5 Å². The molecule has 7 heteroatoms. The number of hydrogen-bond acceptors (Lipinski definition) is 5. The van der Waals surface area contributed by atoms with Crippen LogP contribution in [0.4, 0.5) is 0 Å². The zero-order valence-electron chi connectivity index (χ0n) is 14.3. The van der Waals surface area contributed by atoms with Gasteiger partial charge in [0.05, 0.1) is 12.1 Å². The number of carbonyl (C=O) groups excluding carboxylic acids is 1. The monoisotopic (exact) mass is 372 g/mol. The largest absolute Gasteiger partial charge is 0.497 e. The first kappa shape index (κ1) is 17.8. The second-order valence-corrected chi connectivity index (χ2v) is 5.87. The number of aryl methyl sites for hydroxylation is 1. The van der Waals surface area contributed by atoms with Crippen LogP contribution in [0.2, 0.25) is 5.02 Å². The van der Waals surface area contributed by atoms with Gasteiger partial charge in [-0.15, -0.1) is 0 Å². The maximum absolute atomic E-state index is 12.1. The fraction of sp³-hybridized carbons (Fsp3) is 0.158. The van der Waals surface area contributed by atoms with Crippen molar-refractivity contribution < 1.29 is 18.7 Å². The van der Waals surface area contributed by atoms with E-state index >= 15 is 0 Å². The van der Waals surface area contributed by atoms with Crippen LogP contribution in [-0.4, -0.2) is 22.7 Å². The lowest BCUT2D eigenvalue weighted by atomic mass is 10.2. The number of nitrogens with zero attached hydrogens (tertiary/aromatic N) is 2. The molecule has 2 heterocycles. The van der Waals surface area contributed by atoms with E-state index in [1.54, 1.807) is 38.6 Å². The van der Waals surface area contributed by atoms with Gasteiger partial charge in [0.15, 0.2) is 5.69 Å². The van der Waals surface area contributed by atoms with Crippen LogP contribution < -0.4 is 9.47 Å². The first-order valence-corrected chi connectivity index (χ1v) is 8.20. The molecule has 0 fully saturated rings. The molecule has 0 bridgehead atoms. The van der Waals surface area contributed by atoms with Crippen LogP contribution >= 0.6 is 11.6 Å². The fourth-order valence-corrected chi connectivity index (χ4v) is 2.52. The van der Waals surface area contributed by atoms with E-state index < -0.39 is 0 Å². The number of ether oxygens (including phenoxy) is 2. The topological polar surface area (TPSA) is 66.5 Å². The van der Waals surface area contributed by atoms with Crippen molar-refractivity contribution in [3.63, 3.8) is 0 Å². The van der Waals surface area contributed by atoms with Gasteiger partial charge in [-0.3, -0.25) is 9.48 Å². The highest BCUT2D eigenvalue weighted by atomic mass is 35.5. The molecule has 0 aliphatic carbocycles. The number of rotatable bonds is 7. The number of carbonyl (C=O) groups is 1. The first-order valence-electron chi connectivity index (χ1n) is 7.82. The number of aromatic nitrogens is 2. The Bertz CT molecular complexity index is 925. The van der Waals surface area contributed by atoms with Crippen LogP contribution in [0, 0.1) is 0 Å². The summed E-state index contributed by atoms with van der Waals surface area (Å²) in [5.74, 6) is 2.37. The van der Waals surface area contributed by atoms with E-state index in [0.29, 0.717) is 22.3 Å². The Morgan fingerprint density at radius 3 is 2.62 bits per heavy atom. The van der Waals surface area contributed by atoms with Crippen molar-refractivity contribution in [1.29, 1.82) is 0 Å². The molecular weight excluding hydrogens is 356 g/mol. The lowest BCUT2D eigenvalue weighted by Crippen LogP contribution is -1.98. The average molecular weight is 373 g/mol. The van der Waals surface area contributed by atoms with Gasteiger partial charge in [0.2, 0.25) is 5.78 Å². The molecule has 0 aliphatic heterocycles. The third-order valence-electron chi connectivity index (χ3n) is 3.54. The van der Waals surface area contributed by atoms with Crippen LogP contribution in [-0.2, 0) is 13.7 Å². The van der Waals surface area contributed by atoms with Crippen LogP contribution in [0.1, 0.15) is 22.0 Å². The maximum atomic E-state index is 12.1. The molecule has 0 N–H and O–H groups in total. The predicted octanol–water partition coefficient (Wildman–Crippen LogP) is 4.15. The van der Waals surface area contributed by atoms with Crippen molar-refractivity contribution in [3.8, 4) is 11.5 Å². The Balaban J connectivity index is 1.58. The van der Waals surface area contributed by atoms with E-state index in [9.17, 15) is 4.79 Å². The molecule has 3 aromatic rings. The van der Waals surface area contributed by atoms with Crippen LogP contribution in [0.15, 0.2) is 53.1 Å². The molecular formula is C19H17ClN2O4. The molecule has 2 aromatic heterocycles. The van der Waals surface area contributed by atoms with Gasteiger partial charge in [0.25, 0.3) is 0 Å². The van der Waals surface area contributed by atoms with Gasteiger partial charge in [0, 0.05) is 13.2 Å². The minimum atomic E-state index is -0.289. The van der Waals surface area contributed by atoms with E-state index in [2.05, 4.69) is 5.10 Å². The number of halogens is 1. The quantitative estimate of drug-likeness (QED) is 0.460. The SMILES string of the molecule is COc1ccc(OCc2ccc(/C=C/C(=O)c3nn(C)cc3Cl)o2)cc1. The molecule has 6 nitrogen and oxygen atoms in total. The Labute approximate surface area is 155 Å². The molecule has 0 saturated heterocycles. The summed E-state index contributed by atoms with van der Waals surface area (Å²) >= 11 is 5.96. The summed E-state index contributed by atoms with van der Waals surface area (Å²) in [6.45, 7) is 0.278. The Morgan fingerprint density at radius 1 is 1.23 bits per heavy atom. The number of furan rings is 1. The summed E-state index contributed by atoms with van der Waals surface area (Å²) in [5.41, 5.74) is 0.208. The predicted molar refractivity (Wildman–Crippen MR) is 97.6 cm³/mol. The van der Waals surface area contributed by atoms with Crippen molar-refractivity contribution in [1.82, 2.24) is 9.78 Å². The van der Waals surface area contributed by atoms with Crippen molar-refractivity contribution >= 4 is 23.5 Å². The first-order chi connectivity index (χ1) is 12.5. The van der Waals surface area contributed by atoms with E-state index in [-0.39, 0.29) is 18.1 Å². The number of hydrogen-bond donors (Lipinski definition) is 0. The minimum Gasteiger partial charge on any atom is -0.497 e. The smallest absolute Gasteiger partial charge is 0.207 e. The third-order valence-corrected chi connectivity index (χ3v) is 3.82. The van der Waals surface area contributed by atoms with Crippen molar-refractivity contribution in [2.24, 2.45) is 7.05 Å². The van der Waals surface area contributed by atoms with Gasteiger partial charge < -0.3 is 13.9 Å². The number of allylic oxidation sites excluding steroid dienone is 1. The van der Waals surface area contributed by atoms with Crippen LogP contribution in [0.25, 0.3) is 6.08 Å². The highest BCUT2D eigenvalue weighted by Gasteiger charge is 2.12. The van der Waals surface area contributed by atoms with E-state index in [1.807, 2.05) is 24.3 Å². The van der Waals surface area contributed by atoms with Crippen molar-refractivity contribution in [2.75, 3.05) is 7.11 Å². The summed E-state index contributed by atoms with van der Waals surface area (Å²) in [4.78, 5) is 12.1. The second kappa shape index (κ2) is 7.93. The highest BCUT2D eigenvalue weighted by Crippen LogP contribution is 2.19. The van der Waals surface area contributed by atoms with Gasteiger partial charge in [-0.2, -0.15) is 5.10 Å². The molecule has 0 atom stereocenters. The molecule has 0 amide bonds. The van der Waals surface area contributed by atoms with Crippen molar-refractivity contribution in [3.05, 3.63) is 70.9 Å². The lowest BCUT2D eigenvalue weighted by Gasteiger charge is -2.05. The molecule has 134 valence electrons. The van der Waals surface area contributed by atoms with Gasteiger partial charge >= 0.3 is 0 Å². The van der Waals surface area contributed by atoms with Crippen LogP contribution in [0.3, 0.4) is 0 Å². The summed E-state index contributed by atoms with van der Waals surface area (Å²) in [6, 6.07) is 10.8. The minimum absolute atomic E-state index is 0.208. The Hall–Kier alpha value is -2.99. The zero-order chi connectivity index (χ0) is 18.5. The molecule has 26 heavy (non-hydrogen) atoms. The molecule has 0 saturated carbocycles. The van der Waals surface area contributed by atoms with E-state index in [4.69, 9.17) is 25.5 Å². The zero-order valence-corrected chi connectivity index (χ0v) is 15.1. The lowest BCUT2D eigenvalue weighted by molar-refractivity contribution is 0.104. The summed E-state index contributed by atoms with van der Waals surface area (Å²) in [5, 5.41) is 4.34. The Morgan fingerprint density at radius 2 is 1.96 bits per heavy atom. The molecule has 0 spiro atoms. The maximum Gasteiger partial charge on any atom is 0.207 e. The average Bonchev–Trinajstić information content (AvgIpc) is 3.24. The summed E-state index contributed by atoms with van der Waals surface area (Å²) in [6.07, 6.45) is 4.52. The van der Waals surface area contributed by atoms with Gasteiger partial charge in [-0.1, -0.05) is 11.6 Å². The molecule has 1 aromatic carbocycles. The highest BCUT2D eigenvalue weighted by molar-refractivity contribution is 6.34. The van der Waals surface area contributed by atoms with Gasteiger partial charge in [-0.25, -0.2) is 0 Å². The normalized spacial score (nSPS) is 11.0. The molecule has 3 rings (SSSR count). The molecule has 0 aliphatic rings. The number of benzene rings is 1. The standard InChI is InChI=1S/C19H17ClN2O4/c1-22-11-17(20)19(21-22)18(23)10-9-15-7-8-16(26-15)12-25-14-5-3-13(24-2)4-6-14/h3-11H,12H2,1-2H3/b10-9+. The number of methoxy groups -OCH3 is 1. The summed E-state index contributed by atoms with van der Waals surface area (Å²) < 4.78 is 17.9. The fourth-order valence-electron chi connectivity index (χ4n) is 2.25. The van der Waals surface area contributed by atoms with Crippen molar-refractivity contribution in [2.45, 2.75) is 6.61 Å². The van der Waals surface area contributed by atoms with E-state index in [0.717, 1.165) is 5.75 Å². The Kier molecular flexibility index (Phi) is 5.43. The van der Waals surface area contributed by atoms with Gasteiger partial charge in [-0.05, 0) is 48.6 Å².